The maximum atomic E-state index is 13.8. The molecule has 3 atom stereocenters. The van der Waals surface area contributed by atoms with Crippen molar-refractivity contribution in [2.75, 3.05) is 19.8 Å². The molecule has 0 spiro atoms. The van der Waals surface area contributed by atoms with Crippen LogP contribution >= 0.6 is 0 Å². The molecule has 0 fully saturated rings. The van der Waals surface area contributed by atoms with E-state index in [1.165, 1.54) is 0 Å². The Balaban J connectivity index is 2.35. The smallest absolute Gasteiger partial charge is 0.360 e. The number of nitrogens with one attached hydrogen (secondary N) is 1. The fraction of sp³-hybridized carbons (Fsp3) is 0.793. The molecular formula is C29H48N6O6. The number of H-pyrrole nitrogens is 1. The van der Waals surface area contributed by atoms with Crippen LogP contribution in [0, 0.1) is 11.8 Å². The van der Waals surface area contributed by atoms with Crippen molar-refractivity contribution in [2.45, 2.75) is 117 Å². The van der Waals surface area contributed by atoms with Crippen molar-refractivity contribution in [2.24, 2.45) is 27.3 Å². The molecule has 1 N–H and O–H groups in total. The van der Waals surface area contributed by atoms with Crippen molar-refractivity contribution in [3.8, 4) is 0 Å². The number of hydrogen-bond donors (Lipinski definition) is 1. The third kappa shape index (κ3) is 9.43. The predicted octanol–water partition coefficient (Wildman–Crippen LogP) is 6.08. The molecule has 1 aromatic heterocycles. The fourth-order valence-corrected chi connectivity index (χ4v) is 4.58. The van der Waals surface area contributed by atoms with Gasteiger partial charge in [0.05, 0.1) is 19.8 Å². The lowest BCUT2D eigenvalue weighted by molar-refractivity contribution is -0.151. The van der Waals surface area contributed by atoms with Crippen LogP contribution in [0.25, 0.3) is 0 Å². The van der Waals surface area contributed by atoms with E-state index in [1.807, 2.05) is 13.8 Å². The minimum Gasteiger partial charge on any atom is -0.463 e. The third-order valence-corrected chi connectivity index (χ3v) is 7.47. The second-order valence-electron chi connectivity index (χ2n) is 10.6. The average molecular weight is 577 g/mol. The fourth-order valence-electron chi connectivity index (χ4n) is 4.58. The van der Waals surface area contributed by atoms with Crippen LogP contribution in [-0.4, -0.2) is 58.9 Å². The summed E-state index contributed by atoms with van der Waals surface area (Å²) in [5.41, 5.74) is -3.20. The summed E-state index contributed by atoms with van der Waals surface area (Å²) in [6, 6.07) is 0. The molecule has 1 aliphatic heterocycles. The van der Waals surface area contributed by atoms with Gasteiger partial charge in [-0.3, -0.25) is 0 Å². The lowest BCUT2D eigenvalue weighted by Gasteiger charge is -2.24. The Morgan fingerprint density at radius 1 is 0.756 bits per heavy atom. The molecule has 12 heteroatoms. The van der Waals surface area contributed by atoms with E-state index in [1.54, 1.807) is 0 Å². The molecule has 1 aliphatic rings. The summed E-state index contributed by atoms with van der Waals surface area (Å²) in [5, 5.41) is 22.0. The molecule has 1 aromatic rings. The molecule has 0 radical (unpaired) electrons. The topological polar surface area (TPSA) is 158 Å². The summed E-state index contributed by atoms with van der Waals surface area (Å²) in [6.07, 6.45) is 11.1. The standard InChI is InChI=1S/C29H48N6O6/c1-6-11-14-15-18-39-26(36)23-24(31-34-30-23)29(28(38)41-20-22(10-5)17-13-8-3)25(32-35-33-29)27(37)40-19-21(9-4)16-12-7-2/h21-22H,6-20H2,1-5H3,(H,30,31,34). The zero-order valence-corrected chi connectivity index (χ0v) is 25.4. The molecular weight excluding hydrogens is 528 g/mol. The summed E-state index contributed by atoms with van der Waals surface area (Å²) >= 11 is 0. The van der Waals surface area contributed by atoms with E-state index < -0.39 is 29.2 Å². The molecule has 12 nitrogen and oxygen atoms in total. The van der Waals surface area contributed by atoms with E-state index in [2.05, 4.69) is 51.6 Å². The lowest BCUT2D eigenvalue weighted by Crippen LogP contribution is -2.47. The first-order valence-electron chi connectivity index (χ1n) is 15.3. The maximum Gasteiger partial charge on any atom is 0.360 e. The van der Waals surface area contributed by atoms with E-state index in [9.17, 15) is 14.4 Å². The van der Waals surface area contributed by atoms with Crippen LogP contribution in [0.3, 0.4) is 0 Å². The monoisotopic (exact) mass is 576 g/mol. The Bertz CT molecular complexity index is 1030. The molecule has 41 heavy (non-hydrogen) atoms. The van der Waals surface area contributed by atoms with Crippen molar-refractivity contribution >= 4 is 23.6 Å². The highest BCUT2D eigenvalue weighted by molar-refractivity contribution is 6.44. The number of carbonyl (C=O) groups is 3. The second kappa shape index (κ2) is 18.3. The number of hydrogen-bond acceptors (Lipinski definition) is 11. The number of rotatable bonds is 21. The minimum absolute atomic E-state index is 0.110. The van der Waals surface area contributed by atoms with E-state index in [0.717, 1.165) is 70.6 Å². The van der Waals surface area contributed by atoms with Gasteiger partial charge in [0.25, 0.3) is 5.54 Å². The number of esters is 3. The lowest BCUT2D eigenvalue weighted by atomic mass is 9.88. The Morgan fingerprint density at radius 2 is 1.39 bits per heavy atom. The Kier molecular flexibility index (Phi) is 15.2. The van der Waals surface area contributed by atoms with Crippen LogP contribution in [-0.2, 0) is 29.3 Å². The van der Waals surface area contributed by atoms with Gasteiger partial charge in [0, 0.05) is 0 Å². The van der Waals surface area contributed by atoms with Gasteiger partial charge >= 0.3 is 17.9 Å². The molecule has 0 aliphatic carbocycles. The number of carbonyl (C=O) groups excluding carboxylic acids is 3. The van der Waals surface area contributed by atoms with Crippen LogP contribution < -0.4 is 0 Å². The number of nitrogens with zero attached hydrogens (tertiary/aromatic N) is 5. The van der Waals surface area contributed by atoms with Crippen molar-refractivity contribution in [3.63, 3.8) is 0 Å². The number of unbranched alkanes of at least 4 members (excludes halogenated alkanes) is 5. The Morgan fingerprint density at radius 3 is 2.00 bits per heavy atom. The molecule has 0 amide bonds. The Hall–Kier alpha value is -3.18. The van der Waals surface area contributed by atoms with Crippen LogP contribution in [0.5, 0.6) is 0 Å². The first kappa shape index (κ1) is 34.0. The van der Waals surface area contributed by atoms with Crippen LogP contribution in [0.1, 0.15) is 128 Å². The summed E-state index contributed by atoms with van der Waals surface area (Å²) in [7, 11) is 0. The Labute approximate surface area is 243 Å². The van der Waals surface area contributed by atoms with Gasteiger partial charge in [0.1, 0.15) is 5.69 Å². The average Bonchev–Trinajstić information content (AvgIpc) is 3.65. The molecule has 3 unspecified atom stereocenters. The maximum absolute atomic E-state index is 13.8. The van der Waals surface area contributed by atoms with Gasteiger partial charge in [-0.2, -0.15) is 10.3 Å². The van der Waals surface area contributed by atoms with Gasteiger partial charge in [-0.05, 0) is 36.3 Å². The number of aromatic amines is 1. The van der Waals surface area contributed by atoms with Crippen LogP contribution in [0.2, 0.25) is 0 Å². The number of ether oxygens (including phenoxy) is 3. The van der Waals surface area contributed by atoms with Crippen LogP contribution in [0.4, 0.5) is 0 Å². The molecule has 0 aromatic carbocycles. The van der Waals surface area contributed by atoms with Crippen molar-refractivity contribution in [1.29, 1.82) is 0 Å². The van der Waals surface area contributed by atoms with Crippen molar-refractivity contribution in [3.05, 3.63) is 11.4 Å². The van der Waals surface area contributed by atoms with Gasteiger partial charge < -0.3 is 14.2 Å². The summed E-state index contributed by atoms with van der Waals surface area (Å²) in [6.45, 7) is 10.8. The second-order valence-corrected chi connectivity index (χ2v) is 10.6. The first-order valence-corrected chi connectivity index (χ1v) is 15.3. The quantitative estimate of drug-likeness (QED) is 0.105. The van der Waals surface area contributed by atoms with Crippen molar-refractivity contribution in [1.82, 2.24) is 15.4 Å². The van der Waals surface area contributed by atoms with Gasteiger partial charge in [-0.1, -0.05) is 92.4 Å². The van der Waals surface area contributed by atoms with Gasteiger partial charge in [0.2, 0.25) is 0 Å². The highest BCUT2D eigenvalue weighted by Gasteiger charge is 2.58. The van der Waals surface area contributed by atoms with Crippen LogP contribution in [0.15, 0.2) is 15.4 Å². The predicted molar refractivity (Wildman–Crippen MR) is 153 cm³/mol. The molecule has 2 heterocycles. The van der Waals surface area contributed by atoms with Gasteiger partial charge in [-0.15, -0.1) is 15.3 Å². The minimum atomic E-state index is -2.24. The molecule has 0 bridgehead atoms. The van der Waals surface area contributed by atoms with E-state index >= 15 is 0 Å². The van der Waals surface area contributed by atoms with Gasteiger partial charge in [-0.25, -0.2) is 14.4 Å². The van der Waals surface area contributed by atoms with E-state index in [0.29, 0.717) is 6.42 Å². The zero-order valence-electron chi connectivity index (χ0n) is 25.4. The highest BCUT2D eigenvalue weighted by atomic mass is 16.5. The largest absolute Gasteiger partial charge is 0.463 e. The first-order chi connectivity index (χ1) is 19.9. The van der Waals surface area contributed by atoms with E-state index in [4.69, 9.17) is 14.2 Å². The molecule has 2 rings (SSSR count). The van der Waals surface area contributed by atoms with Gasteiger partial charge in [0.15, 0.2) is 11.4 Å². The summed E-state index contributed by atoms with van der Waals surface area (Å²) in [5.74, 6) is -2.32. The highest BCUT2D eigenvalue weighted by Crippen LogP contribution is 2.35. The molecule has 0 saturated carbocycles. The molecule has 0 saturated heterocycles. The number of aromatic nitrogens is 3. The third-order valence-electron chi connectivity index (χ3n) is 7.47. The SMILES string of the molecule is CCCCCCOC(=O)c1n[nH]nc1C1(C(=O)OCC(CC)CCCC)N=NN=C1C(=O)OCC(CC)CCCC. The summed E-state index contributed by atoms with van der Waals surface area (Å²) in [4.78, 5) is 40.2. The van der Waals surface area contributed by atoms with E-state index in [-0.39, 0.29) is 43.0 Å². The van der Waals surface area contributed by atoms with Crippen molar-refractivity contribution < 1.29 is 28.6 Å². The summed E-state index contributed by atoms with van der Waals surface area (Å²) < 4.78 is 16.7. The normalized spacial score (nSPS) is 17.6. The zero-order chi connectivity index (χ0) is 30.1. The molecule has 230 valence electrons.